The number of likely N-dealkylation sites (N-methyl/N-ethyl adjacent to an activating group) is 1. The SMILES string of the molecule is CNCCOCCOCCOCCOCCOCCOCCOCCOCCc1cccc(Cc2ccc([C@@H]3O[C@@H]4C[C@H]5C6C[C@H](F)C7=CC(=O)C=CC7(C)[C@@]6(F)C(O)CC5(C)C4(C(=O)CO)O3)cc2)c1. The van der Waals surface area contributed by atoms with Crippen LogP contribution >= 0.6 is 0 Å². The Balaban J connectivity index is 0.762. The van der Waals surface area contributed by atoms with Crippen molar-refractivity contribution >= 4 is 11.6 Å². The van der Waals surface area contributed by atoms with Gasteiger partial charge in [-0.3, -0.25) is 9.59 Å². The van der Waals surface area contributed by atoms with Crippen LogP contribution in [0.4, 0.5) is 8.78 Å². The predicted octanol–water partition coefficient (Wildman–Crippen LogP) is 4.82. The van der Waals surface area contributed by atoms with Crippen molar-refractivity contribution in [1.29, 1.82) is 0 Å². The molecule has 0 radical (unpaired) electrons. The van der Waals surface area contributed by atoms with Gasteiger partial charge < -0.3 is 62.9 Å². The highest BCUT2D eigenvalue weighted by Crippen LogP contribution is 2.72. The van der Waals surface area contributed by atoms with Crippen LogP contribution in [0.1, 0.15) is 61.7 Å². The van der Waals surface area contributed by atoms with E-state index in [-0.39, 0.29) is 24.8 Å². The lowest BCUT2D eigenvalue weighted by molar-refractivity contribution is -0.235. The van der Waals surface area contributed by atoms with Crippen LogP contribution in [0.25, 0.3) is 0 Å². The quantitative estimate of drug-likeness (QED) is 0.0850. The van der Waals surface area contributed by atoms with Crippen LogP contribution in [-0.4, -0.2) is 177 Å². The van der Waals surface area contributed by atoms with Crippen LogP contribution < -0.4 is 5.32 Å². The number of ether oxygens (including phenoxy) is 10. The Morgan fingerprint density at radius 2 is 1.30 bits per heavy atom. The van der Waals surface area contributed by atoms with Crippen molar-refractivity contribution < 1.29 is 76.0 Å². The third-order valence-corrected chi connectivity index (χ3v) is 15.2. The van der Waals surface area contributed by atoms with Gasteiger partial charge in [-0.1, -0.05) is 61.5 Å². The van der Waals surface area contributed by atoms with Gasteiger partial charge in [0.15, 0.2) is 29.1 Å². The van der Waals surface area contributed by atoms with Crippen LogP contribution in [0.5, 0.6) is 0 Å². The third kappa shape index (κ3) is 12.6. The minimum absolute atomic E-state index is 0.0314. The van der Waals surface area contributed by atoms with E-state index < -0.39 is 76.8 Å². The minimum atomic E-state index is -2.31. The highest BCUT2D eigenvalue weighted by molar-refractivity contribution is 6.01. The Hall–Kier alpha value is -3.40. The molecule has 15 nitrogen and oxygen atoms in total. The number of rotatable bonds is 32. The number of hydrogen-bond donors (Lipinski definition) is 3. The second-order valence-corrected chi connectivity index (χ2v) is 19.5. The molecule has 0 aromatic heterocycles. The summed E-state index contributed by atoms with van der Waals surface area (Å²) >= 11 is 0. The van der Waals surface area contributed by atoms with Crippen LogP contribution in [0.3, 0.4) is 0 Å². The van der Waals surface area contributed by atoms with E-state index in [0.29, 0.717) is 118 Å². The maximum Gasteiger partial charge on any atom is 0.193 e. The maximum absolute atomic E-state index is 17.7. The number of carbonyl (C=O) groups excluding carboxylic acids is 2. The zero-order chi connectivity index (χ0) is 50.3. The number of nitrogens with one attached hydrogen (secondary N) is 1. The monoisotopic (exact) mass is 1000 g/mol. The highest BCUT2D eigenvalue weighted by atomic mass is 19.1. The van der Waals surface area contributed by atoms with Crippen LogP contribution in [0.15, 0.2) is 72.3 Å². The van der Waals surface area contributed by atoms with Crippen molar-refractivity contribution in [3.63, 3.8) is 0 Å². The summed E-state index contributed by atoms with van der Waals surface area (Å²) in [5, 5.41) is 25.2. The van der Waals surface area contributed by atoms with E-state index in [0.717, 1.165) is 35.7 Å². The Morgan fingerprint density at radius 1 is 0.746 bits per heavy atom. The van der Waals surface area contributed by atoms with E-state index in [4.69, 9.17) is 47.4 Å². The van der Waals surface area contributed by atoms with Gasteiger partial charge in [-0.05, 0) is 86.4 Å². The number of alkyl halides is 2. The molecule has 394 valence electrons. The molecule has 0 spiro atoms. The average Bonchev–Trinajstić information content (AvgIpc) is 3.87. The van der Waals surface area contributed by atoms with Gasteiger partial charge in [0.25, 0.3) is 0 Å². The van der Waals surface area contributed by atoms with Crippen molar-refractivity contribution in [2.45, 2.75) is 81.9 Å². The molecule has 17 heteroatoms. The smallest absolute Gasteiger partial charge is 0.193 e. The van der Waals surface area contributed by atoms with Gasteiger partial charge in [-0.2, -0.15) is 0 Å². The van der Waals surface area contributed by atoms with Crippen LogP contribution in [0, 0.1) is 22.7 Å². The topological polar surface area (TPSA) is 179 Å². The molecule has 7 rings (SSSR count). The molecule has 1 aliphatic heterocycles. The average molecular weight is 1000 g/mol. The van der Waals surface area contributed by atoms with Crippen molar-refractivity contribution in [1.82, 2.24) is 5.32 Å². The summed E-state index contributed by atoms with van der Waals surface area (Å²) in [6.07, 6.45) is -0.113. The molecule has 3 N–H and O–H groups in total. The molecule has 3 saturated carbocycles. The Labute approximate surface area is 416 Å². The molecule has 1 saturated heterocycles. The van der Waals surface area contributed by atoms with Gasteiger partial charge in [0, 0.05) is 28.9 Å². The number of allylic oxidation sites excluding steroid dienone is 4. The Morgan fingerprint density at radius 3 is 1.86 bits per heavy atom. The zero-order valence-electron chi connectivity index (χ0n) is 41.6. The van der Waals surface area contributed by atoms with Crippen molar-refractivity contribution in [3.05, 3.63) is 94.6 Å². The van der Waals surface area contributed by atoms with Gasteiger partial charge in [0.2, 0.25) is 0 Å². The maximum atomic E-state index is 17.7. The number of hydrogen-bond acceptors (Lipinski definition) is 15. The molecule has 5 aliphatic rings. The van der Waals surface area contributed by atoms with E-state index >= 15 is 8.78 Å². The fourth-order valence-electron chi connectivity index (χ4n) is 11.6. The van der Waals surface area contributed by atoms with E-state index in [1.54, 1.807) is 13.8 Å². The molecule has 2 aromatic carbocycles. The highest BCUT2D eigenvalue weighted by Gasteiger charge is 2.80. The Bertz CT molecular complexity index is 2080. The largest absolute Gasteiger partial charge is 0.390 e. The predicted molar refractivity (Wildman–Crippen MR) is 257 cm³/mol. The first-order valence-corrected chi connectivity index (χ1v) is 25.3. The first kappa shape index (κ1) is 55.4. The number of ketones is 2. The van der Waals surface area contributed by atoms with E-state index in [1.807, 2.05) is 37.4 Å². The molecular formula is C54H75F2NO14. The van der Waals surface area contributed by atoms with Gasteiger partial charge in [0.1, 0.15) is 12.8 Å². The minimum Gasteiger partial charge on any atom is -0.390 e. The van der Waals surface area contributed by atoms with Gasteiger partial charge in [0.05, 0.1) is 118 Å². The standard InChI is InChI=1S/C54H75F2NO14/c1-51-13-11-42(59)33-45(51)46(55)34-44-43-35-49-54(48(61)37-58,52(43,2)36-47(60)53(44,51)56)71-50(70-49)41-9-7-39(8-10-41)32-40-6-4-5-38(31-40)12-15-62-17-19-64-21-23-66-25-27-68-29-30-69-28-26-67-24-22-65-20-18-63-16-14-57-3/h4-11,13,31,33,43-44,46-47,49-50,57-58,60H,12,14-30,32,34-37H2,1-3H3/t43-,44?,46-,47?,49+,50+,51?,52?,53-,54?/m0/s1. The number of halogens is 2. The third-order valence-electron chi connectivity index (χ3n) is 15.2. The van der Waals surface area contributed by atoms with Crippen molar-refractivity contribution in [2.75, 3.05) is 126 Å². The lowest BCUT2D eigenvalue weighted by Gasteiger charge is -2.63. The summed E-state index contributed by atoms with van der Waals surface area (Å²) in [6, 6.07) is 16.1. The molecule has 1 heterocycles. The first-order chi connectivity index (χ1) is 34.4. The number of benzene rings is 2. The number of fused-ring (bicyclic) bond motifs is 7. The summed E-state index contributed by atoms with van der Waals surface area (Å²) < 4.78 is 91.3. The van der Waals surface area contributed by atoms with Crippen LogP contribution in [-0.2, 0) is 69.8 Å². The van der Waals surface area contributed by atoms with E-state index in [2.05, 4.69) is 23.5 Å². The second-order valence-electron chi connectivity index (χ2n) is 19.5. The fourth-order valence-corrected chi connectivity index (χ4v) is 11.6. The summed E-state index contributed by atoms with van der Waals surface area (Å²) in [5.41, 5.74) is -2.72. The van der Waals surface area contributed by atoms with Gasteiger partial charge >= 0.3 is 0 Å². The fraction of sp³-hybridized carbons (Fsp3) is 0.667. The molecule has 4 fully saturated rings. The lowest BCUT2D eigenvalue weighted by atomic mass is 9.44. The van der Waals surface area contributed by atoms with Crippen LogP contribution in [0.2, 0.25) is 0 Å². The molecule has 0 bridgehead atoms. The first-order valence-electron chi connectivity index (χ1n) is 25.3. The summed E-state index contributed by atoms with van der Waals surface area (Å²) in [4.78, 5) is 26.2. The molecule has 71 heavy (non-hydrogen) atoms. The molecule has 4 aliphatic carbocycles. The van der Waals surface area contributed by atoms with Gasteiger partial charge in [-0.25, -0.2) is 8.78 Å². The zero-order valence-corrected chi connectivity index (χ0v) is 41.6. The normalized spacial score (nSPS) is 30.7. The lowest BCUT2D eigenvalue weighted by Crippen LogP contribution is -2.70. The molecule has 0 amide bonds. The molecule has 5 unspecified atom stereocenters. The van der Waals surface area contributed by atoms with E-state index in [1.165, 1.54) is 12.2 Å². The molecule has 2 aromatic rings. The molecular weight excluding hydrogens is 925 g/mol. The van der Waals surface area contributed by atoms with Crippen molar-refractivity contribution in [3.8, 4) is 0 Å². The van der Waals surface area contributed by atoms with E-state index in [9.17, 15) is 19.8 Å². The second kappa shape index (κ2) is 26.2. The Kier molecular flexibility index (Phi) is 20.4. The molecule has 10 atom stereocenters. The number of carbonyl (C=O) groups is 2. The summed E-state index contributed by atoms with van der Waals surface area (Å²) in [7, 11) is 1.89. The number of aliphatic hydroxyl groups is 2. The van der Waals surface area contributed by atoms with Crippen molar-refractivity contribution in [2.24, 2.45) is 22.7 Å². The van der Waals surface area contributed by atoms with Gasteiger partial charge in [-0.15, -0.1) is 0 Å². The summed E-state index contributed by atoms with van der Waals surface area (Å²) in [5.74, 6) is -2.66. The summed E-state index contributed by atoms with van der Waals surface area (Å²) in [6.45, 7) is 11.5. The number of aliphatic hydroxyl groups excluding tert-OH is 2. The number of Topliss-reactive ketones (excluding diaryl/α,β-unsaturated/α-hetero) is 1.